The minimum absolute atomic E-state index is 0.116. The smallest absolute Gasteiger partial charge is 0.119 e. The first-order valence-electron chi connectivity index (χ1n) is 6.11. The molecule has 0 saturated carbocycles. The molecule has 1 rings (SSSR count). The molecule has 0 aliphatic rings. The second-order valence-electron chi connectivity index (χ2n) is 4.66. The van der Waals surface area contributed by atoms with Gasteiger partial charge in [-0.3, -0.25) is 0 Å². The van der Waals surface area contributed by atoms with Crippen LogP contribution in [0.4, 0.5) is 0 Å². The summed E-state index contributed by atoms with van der Waals surface area (Å²) >= 11 is 0. The van der Waals surface area contributed by atoms with Gasteiger partial charge < -0.3 is 10.5 Å². The Bertz CT molecular complexity index is 309. The number of benzene rings is 1. The highest BCUT2D eigenvalue weighted by molar-refractivity contribution is 5.30. The molecule has 2 heteroatoms. The van der Waals surface area contributed by atoms with Crippen LogP contribution >= 0.6 is 0 Å². The molecule has 1 atom stereocenters. The molecule has 0 aliphatic carbocycles. The van der Waals surface area contributed by atoms with E-state index in [0.29, 0.717) is 5.92 Å². The Morgan fingerprint density at radius 1 is 1.31 bits per heavy atom. The Morgan fingerprint density at radius 2 is 2.06 bits per heavy atom. The largest absolute Gasteiger partial charge is 0.494 e. The van der Waals surface area contributed by atoms with Crippen molar-refractivity contribution in [1.29, 1.82) is 0 Å². The maximum Gasteiger partial charge on any atom is 0.119 e. The number of nitrogens with two attached hydrogens (primary N) is 1. The SMILES string of the molecule is CCCOc1cccc(C(N)CC(C)C)c1. The van der Waals surface area contributed by atoms with Gasteiger partial charge in [0.2, 0.25) is 0 Å². The van der Waals surface area contributed by atoms with Gasteiger partial charge in [0.15, 0.2) is 0 Å². The molecule has 16 heavy (non-hydrogen) atoms. The maximum absolute atomic E-state index is 6.14. The molecular formula is C14H23NO. The summed E-state index contributed by atoms with van der Waals surface area (Å²) in [6.07, 6.45) is 2.04. The first kappa shape index (κ1) is 13.0. The third-order valence-corrected chi connectivity index (χ3v) is 2.48. The Morgan fingerprint density at radius 3 is 2.69 bits per heavy atom. The molecule has 2 N–H and O–H groups in total. The van der Waals surface area contributed by atoms with Crippen LogP contribution in [0.15, 0.2) is 24.3 Å². The summed E-state index contributed by atoms with van der Waals surface area (Å²) in [6.45, 7) is 7.26. The second kappa shape index (κ2) is 6.54. The number of hydrogen-bond acceptors (Lipinski definition) is 2. The molecule has 0 fully saturated rings. The van der Waals surface area contributed by atoms with Gasteiger partial charge in [-0.05, 0) is 36.5 Å². The number of rotatable bonds is 6. The van der Waals surface area contributed by atoms with Gasteiger partial charge in [0.25, 0.3) is 0 Å². The summed E-state index contributed by atoms with van der Waals surface area (Å²) in [6, 6.07) is 8.25. The number of ether oxygens (including phenoxy) is 1. The first-order chi connectivity index (χ1) is 7.63. The fourth-order valence-electron chi connectivity index (χ4n) is 1.70. The third kappa shape index (κ3) is 4.23. The van der Waals surface area contributed by atoms with E-state index in [0.717, 1.165) is 25.2 Å². The van der Waals surface area contributed by atoms with Crippen LogP contribution in [0, 0.1) is 5.92 Å². The maximum atomic E-state index is 6.14. The summed E-state index contributed by atoms with van der Waals surface area (Å²) < 4.78 is 5.60. The Labute approximate surface area is 98.8 Å². The predicted molar refractivity (Wildman–Crippen MR) is 68.6 cm³/mol. The Balaban J connectivity index is 2.65. The van der Waals surface area contributed by atoms with E-state index in [9.17, 15) is 0 Å². The molecule has 2 nitrogen and oxygen atoms in total. The molecule has 1 aromatic rings. The van der Waals surface area contributed by atoms with E-state index in [1.807, 2.05) is 12.1 Å². The van der Waals surface area contributed by atoms with E-state index in [1.54, 1.807) is 0 Å². The van der Waals surface area contributed by atoms with Crippen molar-refractivity contribution in [2.45, 2.75) is 39.7 Å². The molecule has 0 radical (unpaired) electrons. The van der Waals surface area contributed by atoms with E-state index >= 15 is 0 Å². The van der Waals surface area contributed by atoms with Gasteiger partial charge in [-0.25, -0.2) is 0 Å². The quantitative estimate of drug-likeness (QED) is 0.797. The van der Waals surface area contributed by atoms with E-state index in [-0.39, 0.29) is 6.04 Å². The normalized spacial score (nSPS) is 12.8. The van der Waals surface area contributed by atoms with E-state index in [2.05, 4.69) is 32.9 Å². The van der Waals surface area contributed by atoms with E-state index in [4.69, 9.17) is 10.5 Å². The molecule has 0 aliphatic heterocycles. The van der Waals surface area contributed by atoms with Gasteiger partial charge in [-0.2, -0.15) is 0 Å². The van der Waals surface area contributed by atoms with Crippen LogP contribution in [-0.4, -0.2) is 6.61 Å². The van der Waals surface area contributed by atoms with Crippen LogP contribution in [0.2, 0.25) is 0 Å². The minimum Gasteiger partial charge on any atom is -0.494 e. The van der Waals surface area contributed by atoms with Gasteiger partial charge in [0.05, 0.1) is 6.61 Å². The molecule has 0 heterocycles. The highest BCUT2D eigenvalue weighted by Crippen LogP contribution is 2.22. The van der Waals surface area contributed by atoms with Crippen LogP contribution in [0.3, 0.4) is 0 Å². The summed E-state index contributed by atoms with van der Waals surface area (Å²) in [5.41, 5.74) is 7.31. The van der Waals surface area contributed by atoms with Crippen LogP contribution in [0.1, 0.15) is 45.2 Å². The van der Waals surface area contributed by atoms with Gasteiger partial charge in [-0.15, -0.1) is 0 Å². The van der Waals surface area contributed by atoms with Gasteiger partial charge >= 0.3 is 0 Å². The van der Waals surface area contributed by atoms with Crippen molar-refractivity contribution in [3.8, 4) is 5.75 Å². The van der Waals surface area contributed by atoms with Crippen molar-refractivity contribution in [2.75, 3.05) is 6.61 Å². The zero-order chi connectivity index (χ0) is 12.0. The van der Waals surface area contributed by atoms with Crippen molar-refractivity contribution < 1.29 is 4.74 Å². The molecular weight excluding hydrogens is 198 g/mol. The second-order valence-corrected chi connectivity index (χ2v) is 4.66. The monoisotopic (exact) mass is 221 g/mol. The lowest BCUT2D eigenvalue weighted by Crippen LogP contribution is -2.13. The minimum atomic E-state index is 0.116. The van der Waals surface area contributed by atoms with Gasteiger partial charge in [0.1, 0.15) is 5.75 Å². The van der Waals surface area contributed by atoms with Crippen LogP contribution < -0.4 is 10.5 Å². The van der Waals surface area contributed by atoms with Gasteiger partial charge in [0, 0.05) is 6.04 Å². The van der Waals surface area contributed by atoms with Crippen LogP contribution in [-0.2, 0) is 0 Å². The third-order valence-electron chi connectivity index (χ3n) is 2.48. The summed E-state index contributed by atoms with van der Waals surface area (Å²) in [4.78, 5) is 0. The summed E-state index contributed by atoms with van der Waals surface area (Å²) in [5.74, 6) is 1.55. The van der Waals surface area contributed by atoms with Crippen molar-refractivity contribution in [3.63, 3.8) is 0 Å². The lowest BCUT2D eigenvalue weighted by molar-refractivity contribution is 0.316. The van der Waals surface area contributed by atoms with Crippen molar-refractivity contribution in [2.24, 2.45) is 11.7 Å². The lowest BCUT2D eigenvalue weighted by Gasteiger charge is -2.15. The molecule has 0 amide bonds. The highest BCUT2D eigenvalue weighted by Gasteiger charge is 2.08. The molecule has 1 unspecified atom stereocenters. The lowest BCUT2D eigenvalue weighted by atomic mass is 9.98. The molecule has 90 valence electrons. The van der Waals surface area contributed by atoms with Crippen molar-refractivity contribution >= 4 is 0 Å². The fourth-order valence-corrected chi connectivity index (χ4v) is 1.70. The topological polar surface area (TPSA) is 35.2 Å². The molecule has 0 bridgehead atoms. The fraction of sp³-hybridized carbons (Fsp3) is 0.571. The molecule has 0 saturated heterocycles. The molecule has 0 aromatic heterocycles. The Hall–Kier alpha value is -1.02. The standard InChI is InChI=1S/C14H23NO/c1-4-8-16-13-7-5-6-12(10-13)14(15)9-11(2)3/h5-7,10-11,14H,4,8-9,15H2,1-3H3. The molecule has 1 aromatic carbocycles. The summed E-state index contributed by atoms with van der Waals surface area (Å²) in [7, 11) is 0. The summed E-state index contributed by atoms with van der Waals surface area (Å²) in [5, 5.41) is 0. The average Bonchev–Trinajstić information content (AvgIpc) is 2.26. The van der Waals surface area contributed by atoms with E-state index in [1.165, 1.54) is 5.56 Å². The van der Waals surface area contributed by atoms with Crippen LogP contribution in [0.5, 0.6) is 5.75 Å². The average molecular weight is 221 g/mol. The highest BCUT2D eigenvalue weighted by atomic mass is 16.5. The van der Waals surface area contributed by atoms with E-state index < -0.39 is 0 Å². The molecule has 0 spiro atoms. The van der Waals surface area contributed by atoms with Crippen LogP contribution in [0.25, 0.3) is 0 Å². The number of hydrogen-bond donors (Lipinski definition) is 1. The predicted octanol–water partition coefficient (Wildman–Crippen LogP) is 3.52. The first-order valence-corrected chi connectivity index (χ1v) is 6.11. The van der Waals surface area contributed by atoms with Gasteiger partial charge in [-0.1, -0.05) is 32.9 Å². The zero-order valence-corrected chi connectivity index (χ0v) is 10.6. The van der Waals surface area contributed by atoms with Crippen molar-refractivity contribution in [3.05, 3.63) is 29.8 Å². The zero-order valence-electron chi connectivity index (χ0n) is 10.6. The Kier molecular flexibility index (Phi) is 5.33. The van der Waals surface area contributed by atoms with Crippen molar-refractivity contribution in [1.82, 2.24) is 0 Å².